The normalized spacial score (nSPS) is 20.9. The number of nitrogens with zero attached hydrogens (tertiary/aromatic N) is 1. The Balaban J connectivity index is 2.21. The second kappa shape index (κ2) is 4.08. The molecule has 1 unspecified atom stereocenters. The van der Waals surface area contributed by atoms with Crippen LogP contribution in [0.25, 0.3) is 0 Å². The van der Waals surface area contributed by atoms with Gasteiger partial charge < -0.3 is 9.84 Å². The maximum Gasteiger partial charge on any atom is 0.392 e. The van der Waals surface area contributed by atoms with Crippen LogP contribution in [0.4, 0.5) is 13.2 Å². The van der Waals surface area contributed by atoms with E-state index in [4.69, 9.17) is 4.52 Å². The lowest BCUT2D eigenvalue weighted by Crippen LogP contribution is -2.29. The SMILES string of the molecule is CNCc1noc2c1CC(C(F)(F)F)CC2. The number of halogens is 3. The van der Waals surface area contributed by atoms with E-state index in [1.165, 1.54) is 0 Å². The lowest BCUT2D eigenvalue weighted by atomic mass is 9.86. The number of fused-ring (bicyclic) bond motifs is 1. The number of aromatic nitrogens is 1. The number of aryl methyl sites for hydroxylation is 1. The average Bonchev–Trinajstić information content (AvgIpc) is 2.60. The summed E-state index contributed by atoms with van der Waals surface area (Å²) in [5.41, 5.74) is 1.24. The van der Waals surface area contributed by atoms with Gasteiger partial charge in [0.05, 0.1) is 5.92 Å². The first kappa shape index (κ1) is 11.4. The Morgan fingerprint density at radius 3 is 2.88 bits per heavy atom. The Hall–Kier alpha value is -1.04. The van der Waals surface area contributed by atoms with Crippen molar-refractivity contribution in [3.8, 4) is 0 Å². The summed E-state index contributed by atoms with van der Waals surface area (Å²) in [6.45, 7) is 0.448. The van der Waals surface area contributed by atoms with Gasteiger partial charge in [0.1, 0.15) is 11.5 Å². The standard InChI is InChI=1S/C10H13F3N2O/c1-14-5-8-7-4-6(10(11,12)13)2-3-9(7)16-15-8/h6,14H,2-5H2,1H3. The molecule has 3 nitrogen and oxygen atoms in total. The Labute approximate surface area is 91.0 Å². The monoisotopic (exact) mass is 234 g/mol. The van der Waals surface area contributed by atoms with Crippen LogP contribution in [-0.2, 0) is 19.4 Å². The molecule has 1 aromatic rings. The summed E-state index contributed by atoms with van der Waals surface area (Å²) in [4.78, 5) is 0. The van der Waals surface area contributed by atoms with E-state index in [2.05, 4.69) is 10.5 Å². The van der Waals surface area contributed by atoms with Crippen LogP contribution in [0.3, 0.4) is 0 Å². The summed E-state index contributed by atoms with van der Waals surface area (Å²) >= 11 is 0. The van der Waals surface area contributed by atoms with Gasteiger partial charge in [-0.05, 0) is 19.9 Å². The van der Waals surface area contributed by atoms with Gasteiger partial charge in [-0.15, -0.1) is 0 Å². The molecule has 0 bridgehead atoms. The zero-order valence-electron chi connectivity index (χ0n) is 8.90. The zero-order chi connectivity index (χ0) is 11.8. The fraction of sp³-hybridized carbons (Fsp3) is 0.700. The lowest BCUT2D eigenvalue weighted by molar-refractivity contribution is -0.177. The highest BCUT2D eigenvalue weighted by Gasteiger charge is 2.42. The van der Waals surface area contributed by atoms with Crippen molar-refractivity contribution in [1.29, 1.82) is 0 Å². The first-order valence-electron chi connectivity index (χ1n) is 5.20. The molecule has 16 heavy (non-hydrogen) atoms. The predicted octanol–water partition coefficient (Wildman–Crippen LogP) is 2.06. The van der Waals surface area contributed by atoms with Crippen LogP contribution in [0.1, 0.15) is 23.4 Å². The molecular weight excluding hydrogens is 221 g/mol. The lowest BCUT2D eigenvalue weighted by Gasteiger charge is -2.23. The third kappa shape index (κ3) is 2.07. The third-order valence-corrected chi connectivity index (χ3v) is 2.93. The molecule has 6 heteroatoms. The molecule has 0 fully saturated rings. The Bertz CT molecular complexity index is 373. The molecule has 1 heterocycles. The molecule has 0 aliphatic heterocycles. The quantitative estimate of drug-likeness (QED) is 0.851. The third-order valence-electron chi connectivity index (χ3n) is 2.93. The fourth-order valence-electron chi connectivity index (χ4n) is 2.05. The van der Waals surface area contributed by atoms with Crippen molar-refractivity contribution in [3.05, 3.63) is 17.0 Å². The molecule has 0 saturated heterocycles. The smallest absolute Gasteiger partial charge is 0.361 e. The molecule has 0 aromatic carbocycles. The van der Waals surface area contributed by atoms with Crippen LogP contribution in [0.2, 0.25) is 0 Å². The Morgan fingerprint density at radius 1 is 1.50 bits per heavy atom. The minimum atomic E-state index is -4.12. The minimum Gasteiger partial charge on any atom is -0.361 e. The van der Waals surface area contributed by atoms with Gasteiger partial charge in [-0.1, -0.05) is 5.16 Å². The van der Waals surface area contributed by atoms with E-state index in [1.807, 2.05) is 0 Å². The molecular formula is C10H13F3N2O. The minimum absolute atomic E-state index is 0.000648. The van der Waals surface area contributed by atoms with Gasteiger partial charge in [0.25, 0.3) is 0 Å². The summed E-state index contributed by atoms with van der Waals surface area (Å²) in [6, 6.07) is 0. The molecule has 1 aliphatic carbocycles. The molecule has 90 valence electrons. The van der Waals surface area contributed by atoms with Gasteiger partial charge in [0.2, 0.25) is 0 Å². The molecule has 1 N–H and O–H groups in total. The van der Waals surface area contributed by atoms with Crippen molar-refractivity contribution < 1.29 is 17.7 Å². The van der Waals surface area contributed by atoms with Crippen molar-refractivity contribution in [2.24, 2.45) is 5.92 Å². The maximum absolute atomic E-state index is 12.6. The molecule has 1 atom stereocenters. The predicted molar refractivity (Wildman–Crippen MR) is 50.8 cm³/mol. The molecule has 2 rings (SSSR count). The second-order valence-electron chi connectivity index (χ2n) is 4.04. The second-order valence-corrected chi connectivity index (χ2v) is 4.04. The highest BCUT2D eigenvalue weighted by Crippen LogP contribution is 2.37. The van der Waals surface area contributed by atoms with E-state index in [0.717, 1.165) is 0 Å². The van der Waals surface area contributed by atoms with E-state index in [9.17, 15) is 13.2 Å². The van der Waals surface area contributed by atoms with Crippen molar-refractivity contribution >= 4 is 0 Å². The molecule has 1 aromatic heterocycles. The number of nitrogens with one attached hydrogen (secondary N) is 1. The highest BCUT2D eigenvalue weighted by atomic mass is 19.4. The van der Waals surface area contributed by atoms with E-state index in [0.29, 0.717) is 30.0 Å². The summed E-state index contributed by atoms with van der Waals surface area (Å²) < 4.78 is 42.8. The van der Waals surface area contributed by atoms with Crippen LogP contribution >= 0.6 is 0 Å². The molecule has 0 radical (unpaired) electrons. The number of rotatable bonds is 2. The van der Waals surface area contributed by atoms with Crippen LogP contribution < -0.4 is 5.32 Å². The average molecular weight is 234 g/mol. The Morgan fingerprint density at radius 2 is 2.25 bits per heavy atom. The number of alkyl halides is 3. The van der Waals surface area contributed by atoms with Crippen LogP contribution in [0.5, 0.6) is 0 Å². The number of hydrogen-bond acceptors (Lipinski definition) is 3. The molecule has 0 spiro atoms. The van der Waals surface area contributed by atoms with Gasteiger partial charge >= 0.3 is 6.18 Å². The van der Waals surface area contributed by atoms with Gasteiger partial charge in [-0.3, -0.25) is 0 Å². The molecule has 0 saturated carbocycles. The van der Waals surface area contributed by atoms with E-state index in [1.54, 1.807) is 7.05 Å². The van der Waals surface area contributed by atoms with Crippen LogP contribution in [-0.4, -0.2) is 18.4 Å². The van der Waals surface area contributed by atoms with Crippen LogP contribution in [0.15, 0.2) is 4.52 Å². The maximum atomic E-state index is 12.6. The van der Waals surface area contributed by atoms with Crippen molar-refractivity contribution in [1.82, 2.24) is 10.5 Å². The van der Waals surface area contributed by atoms with Gasteiger partial charge in [-0.25, -0.2) is 0 Å². The summed E-state index contributed by atoms with van der Waals surface area (Å²) in [5, 5.41) is 6.67. The fourth-order valence-corrected chi connectivity index (χ4v) is 2.05. The first-order chi connectivity index (χ1) is 7.52. The van der Waals surface area contributed by atoms with E-state index in [-0.39, 0.29) is 12.8 Å². The van der Waals surface area contributed by atoms with E-state index < -0.39 is 12.1 Å². The van der Waals surface area contributed by atoms with Crippen molar-refractivity contribution in [2.45, 2.75) is 32.0 Å². The molecule has 1 aliphatic rings. The van der Waals surface area contributed by atoms with Crippen molar-refractivity contribution in [3.63, 3.8) is 0 Å². The first-order valence-corrected chi connectivity index (χ1v) is 5.20. The summed E-state index contributed by atoms with van der Waals surface area (Å²) in [5.74, 6) is -0.638. The summed E-state index contributed by atoms with van der Waals surface area (Å²) in [6.07, 6.45) is -3.69. The van der Waals surface area contributed by atoms with Crippen LogP contribution in [0, 0.1) is 5.92 Å². The zero-order valence-corrected chi connectivity index (χ0v) is 8.90. The van der Waals surface area contributed by atoms with E-state index >= 15 is 0 Å². The topological polar surface area (TPSA) is 38.1 Å². The largest absolute Gasteiger partial charge is 0.392 e. The van der Waals surface area contributed by atoms with Gasteiger partial charge in [0, 0.05) is 18.5 Å². The number of hydrogen-bond donors (Lipinski definition) is 1. The van der Waals surface area contributed by atoms with Gasteiger partial charge in [-0.2, -0.15) is 13.2 Å². The van der Waals surface area contributed by atoms with Gasteiger partial charge in [0.15, 0.2) is 0 Å². The summed E-state index contributed by atoms with van der Waals surface area (Å²) in [7, 11) is 1.73. The van der Waals surface area contributed by atoms with Crippen molar-refractivity contribution in [2.75, 3.05) is 7.05 Å². The highest BCUT2D eigenvalue weighted by molar-refractivity contribution is 5.26. The molecule has 0 amide bonds. The Kier molecular flexibility index (Phi) is 2.92.